The van der Waals surface area contributed by atoms with E-state index < -0.39 is 0 Å². The molecule has 3 rings (SSSR count). The lowest BCUT2D eigenvalue weighted by molar-refractivity contribution is 0.420. The van der Waals surface area contributed by atoms with Gasteiger partial charge in [-0.2, -0.15) is 0 Å². The Morgan fingerprint density at radius 1 is 1.00 bits per heavy atom. The summed E-state index contributed by atoms with van der Waals surface area (Å²) in [6, 6.07) is 16.6. The maximum atomic E-state index is 6.11. The summed E-state index contributed by atoms with van der Waals surface area (Å²) >= 11 is 0. The van der Waals surface area contributed by atoms with Crippen LogP contribution >= 0.6 is 0 Å². The Hall–Kier alpha value is -2.61. The first kappa shape index (κ1) is 18.2. The molecule has 0 spiro atoms. The van der Waals surface area contributed by atoms with Crippen LogP contribution in [0.4, 0.5) is 0 Å². The molecule has 2 aromatic carbocycles. The number of allylic oxidation sites excluding steroid dienone is 1. The molecule has 0 aliphatic rings. The fraction of sp³-hybridized carbons (Fsp3) is 0.292. The van der Waals surface area contributed by atoms with E-state index in [2.05, 4.69) is 57.5 Å². The topological polar surface area (TPSA) is 26.0 Å². The summed E-state index contributed by atoms with van der Waals surface area (Å²) in [5, 5.41) is 0. The van der Waals surface area contributed by atoms with Crippen LogP contribution in [-0.2, 0) is 6.42 Å². The van der Waals surface area contributed by atoms with Crippen molar-refractivity contribution in [3.05, 3.63) is 83.3 Å². The molecule has 26 heavy (non-hydrogen) atoms. The molecule has 2 heteroatoms. The Morgan fingerprint density at radius 2 is 1.69 bits per heavy atom. The minimum Gasteiger partial charge on any atom is -0.441 e. The maximum absolute atomic E-state index is 6.11. The Kier molecular flexibility index (Phi) is 4.86. The third kappa shape index (κ3) is 3.65. The number of nitrogens with zero attached hydrogens (tertiary/aromatic N) is 1. The van der Waals surface area contributed by atoms with Gasteiger partial charge in [0.2, 0.25) is 5.89 Å². The van der Waals surface area contributed by atoms with Crippen LogP contribution in [0.15, 0.2) is 59.5 Å². The normalized spacial score (nSPS) is 11.6. The van der Waals surface area contributed by atoms with Crippen molar-refractivity contribution in [3.63, 3.8) is 0 Å². The molecule has 1 heterocycles. The van der Waals surface area contributed by atoms with E-state index in [4.69, 9.17) is 4.42 Å². The predicted molar refractivity (Wildman–Crippen MR) is 109 cm³/mol. The van der Waals surface area contributed by atoms with Gasteiger partial charge in [0.1, 0.15) is 5.76 Å². The van der Waals surface area contributed by atoms with E-state index in [1.54, 1.807) is 0 Å². The molecule has 0 aliphatic carbocycles. The van der Waals surface area contributed by atoms with Gasteiger partial charge in [0, 0.05) is 12.0 Å². The van der Waals surface area contributed by atoms with Gasteiger partial charge in [-0.25, -0.2) is 4.98 Å². The minimum atomic E-state index is -0.125. The summed E-state index contributed by atoms with van der Waals surface area (Å²) in [4.78, 5) is 4.63. The molecule has 0 unspecified atom stereocenters. The highest BCUT2D eigenvalue weighted by Crippen LogP contribution is 2.38. The van der Waals surface area contributed by atoms with Crippen molar-refractivity contribution in [1.82, 2.24) is 4.98 Å². The van der Waals surface area contributed by atoms with Gasteiger partial charge in [0.05, 0.1) is 5.69 Å². The van der Waals surface area contributed by atoms with Gasteiger partial charge < -0.3 is 4.42 Å². The molecule has 0 fully saturated rings. The van der Waals surface area contributed by atoms with E-state index in [9.17, 15) is 0 Å². The Morgan fingerprint density at radius 3 is 2.35 bits per heavy atom. The van der Waals surface area contributed by atoms with Gasteiger partial charge in [-0.15, -0.1) is 0 Å². The largest absolute Gasteiger partial charge is 0.441 e. The zero-order valence-electron chi connectivity index (χ0n) is 16.4. The van der Waals surface area contributed by atoms with E-state index in [0.29, 0.717) is 5.89 Å². The number of hydrogen-bond donors (Lipinski definition) is 0. The van der Waals surface area contributed by atoms with Crippen molar-refractivity contribution < 1.29 is 4.42 Å². The summed E-state index contributed by atoms with van der Waals surface area (Å²) in [7, 11) is 0. The molecular weight excluding hydrogens is 318 g/mol. The van der Waals surface area contributed by atoms with Crippen LogP contribution < -0.4 is 0 Å². The zero-order valence-corrected chi connectivity index (χ0v) is 16.4. The highest BCUT2D eigenvalue weighted by molar-refractivity contribution is 5.69. The van der Waals surface area contributed by atoms with Crippen molar-refractivity contribution in [2.45, 2.75) is 41.0 Å². The van der Waals surface area contributed by atoms with Gasteiger partial charge in [-0.1, -0.05) is 56.8 Å². The van der Waals surface area contributed by atoms with Crippen LogP contribution in [0.2, 0.25) is 0 Å². The highest BCUT2D eigenvalue weighted by Gasteiger charge is 2.27. The van der Waals surface area contributed by atoms with Gasteiger partial charge in [0.15, 0.2) is 0 Å². The van der Waals surface area contributed by atoms with E-state index in [1.165, 1.54) is 16.7 Å². The SMILES string of the molecule is C=C(c1ccc(C)c(C)c1)C(C)(C)Cc1oc(-c2ccccc2)nc1C. The molecule has 0 radical (unpaired) electrons. The van der Waals surface area contributed by atoms with Crippen molar-refractivity contribution in [3.8, 4) is 11.5 Å². The number of benzene rings is 2. The fourth-order valence-electron chi connectivity index (χ4n) is 3.12. The second kappa shape index (κ2) is 6.95. The quantitative estimate of drug-likeness (QED) is 0.524. The average Bonchev–Trinajstić information content (AvgIpc) is 2.97. The van der Waals surface area contributed by atoms with Crippen LogP contribution in [-0.4, -0.2) is 4.98 Å². The van der Waals surface area contributed by atoms with Crippen LogP contribution in [0.1, 0.15) is 42.0 Å². The predicted octanol–water partition coefficient (Wildman–Crippen LogP) is 6.55. The summed E-state index contributed by atoms with van der Waals surface area (Å²) in [6.45, 7) is 15.1. The van der Waals surface area contributed by atoms with Crippen molar-refractivity contribution in [1.29, 1.82) is 0 Å². The Bertz CT molecular complexity index is 932. The molecular formula is C24H27NO. The standard InChI is InChI=1S/C24H27NO/c1-16-12-13-21(14-17(16)2)18(3)24(5,6)15-22-19(4)25-23(26-22)20-10-8-7-9-11-20/h7-14H,3,15H2,1-2,4-6H3. The monoisotopic (exact) mass is 345 g/mol. The molecule has 0 bridgehead atoms. The van der Waals surface area contributed by atoms with Gasteiger partial charge in [-0.05, 0) is 60.6 Å². The molecule has 0 saturated heterocycles. The lowest BCUT2D eigenvalue weighted by atomic mass is 9.77. The first-order valence-corrected chi connectivity index (χ1v) is 9.06. The molecule has 0 aliphatic heterocycles. The van der Waals surface area contributed by atoms with E-state index >= 15 is 0 Å². The molecule has 0 N–H and O–H groups in total. The molecule has 0 saturated carbocycles. The summed E-state index contributed by atoms with van der Waals surface area (Å²) in [5.41, 5.74) is 6.74. The average molecular weight is 345 g/mol. The van der Waals surface area contributed by atoms with Gasteiger partial charge >= 0.3 is 0 Å². The zero-order chi connectivity index (χ0) is 18.9. The highest BCUT2D eigenvalue weighted by atomic mass is 16.4. The number of aromatic nitrogens is 1. The Labute approximate surface area is 156 Å². The maximum Gasteiger partial charge on any atom is 0.226 e. The molecule has 134 valence electrons. The van der Waals surface area contributed by atoms with Crippen molar-refractivity contribution in [2.75, 3.05) is 0 Å². The van der Waals surface area contributed by atoms with E-state index in [0.717, 1.165) is 29.0 Å². The van der Waals surface area contributed by atoms with Crippen molar-refractivity contribution >= 4 is 5.57 Å². The van der Waals surface area contributed by atoms with Crippen LogP contribution in [0.5, 0.6) is 0 Å². The van der Waals surface area contributed by atoms with E-state index in [-0.39, 0.29) is 5.41 Å². The van der Waals surface area contributed by atoms with Crippen LogP contribution in [0.3, 0.4) is 0 Å². The van der Waals surface area contributed by atoms with Crippen molar-refractivity contribution in [2.24, 2.45) is 5.41 Å². The molecule has 1 aromatic heterocycles. The molecule has 3 aromatic rings. The molecule has 0 atom stereocenters. The Balaban J connectivity index is 1.86. The number of aryl methyl sites for hydroxylation is 3. The van der Waals surface area contributed by atoms with E-state index in [1.807, 2.05) is 37.3 Å². The second-order valence-electron chi connectivity index (χ2n) is 7.73. The summed E-state index contributed by atoms with van der Waals surface area (Å²) in [5.74, 6) is 1.62. The molecule has 0 amide bonds. The lowest BCUT2D eigenvalue weighted by Gasteiger charge is -2.27. The van der Waals surface area contributed by atoms with Crippen LogP contribution in [0, 0.1) is 26.2 Å². The third-order valence-electron chi connectivity index (χ3n) is 5.19. The number of oxazole rings is 1. The first-order chi connectivity index (χ1) is 12.3. The lowest BCUT2D eigenvalue weighted by Crippen LogP contribution is -2.17. The fourth-order valence-corrected chi connectivity index (χ4v) is 3.12. The van der Waals surface area contributed by atoms with Crippen LogP contribution in [0.25, 0.3) is 17.0 Å². The summed E-state index contributed by atoms with van der Waals surface area (Å²) in [6.07, 6.45) is 0.768. The van der Waals surface area contributed by atoms with Gasteiger partial charge in [-0.3, -0.25) is 0 Å². The smallest absolute Gasteiger partial charge is 0.226 e. The number of rotatable bonds is 5. The third-order valence-corrected chi connectivity index (χ3v) is 5.19. The first-order valence-electron chi connectivity index (χ1n) is 9.06. The second-order valence-corrected chi connectivity index (χ2v) is 7.73. The number of hydrogen-bond acceptors (Lipinski definition) is 2. The minimum absolute atomic E-state index is 0.125. The van der Waals surface area contributed by atoms with Gasteiger partial charge in [0.25, 0.3) is 0 Å². The summed E-state index contributed by atoms with van der Waals surface area (Å²) < 4.78 is 6.11. The molecule has 2 nitrogen and oxygen atoms in total.